The van der Waals surface area contributed by atoms with Crippen LogP contribution in [-0.2, 0) is 4.79 Å². The van der Waals surface area contributed by atoms with Crippen molar-refractivity contribution in [1.82, 2.24) is 14.9 Å². The molecule has 0 aromatic carbocycles. The molecule has 0 radical (unpaired) electrons. The van der Waals surface area contributed by atoms with Crippen LogP contribution in [0.1, 0.15) is 16.9 Å². The average molecular weight is 279 g/mol. The Morgan fingerprint density at radius 2 is 1.85 bits per heavy atom. The summed E-state index contributed by atoms with van der Waals surface area (Å²) >= 11 is 0. The number of nitrogens with two attached hydrogens (primary N) is 1. The van der Waals surface area contributed by atoms with Gasteiger partial charge in [-0.25, -0.2) is 9.97 Å². The fourth-order valence-electron chi connectivity index (χ4n) is 2.17. The summed E-state index contributed by atoms with van der Waals surface area (Å²) in [6.07, 6.45) is 3.10. The van der Waals surface area contributed by atoms with Gasteiger partial charge >= 0.3 is 5.97 Å². The first-order valence-corrected chi connectivity index (χ1v) is 6.38. The minimum Gasteiger partial charge on any atom is -0.481 e. The van der Waals surface area contributed by atoms with E-state index in [1.807, 2.05) is 4.90 Å². The topological polar surface area (TPSA) is 113 Å². The van der Waals surface area contributed by atoms with Crippen molar-refractivity contribution in [2.45, 2.75) is 6.42 Å². The molecule has 8 nitrogen and oxygen atoms in total. The van der Waals surface area contributed by atoms with Crippen molar-refractivity contribution in [2.24, 2.45) is 5.73 Å². The molecular weight excluding hydrogens is 262 g/mol. The molecule has 1 aromatic heterocycles. The fraction of sp³-hybridized carbons (Fsp3) is 0.500. The molecule has 1 saturated heterocycles. The van der Waals surface area contributed by atoms with Gasteiger partial charge < -0.3 is 15.7 Å². The molecule has 0 aliphatic carbocycles. The Bertz CT molecular complexity index is 500. The normalized spacial score (nSPS) is 16.1. The standard InChI is InChI=1S/C12H17N5O3/c13-11(20)10-12(15-3-2-14-10)17-7-5-16(6-8-17)4-1-9(18)19/h2-3H,1,4-8H2,(H2,13,20)(H,18,19). The van der Waals surface area contributed by atoms with Gasteiger partial charge in [-0.2, -0.15) is 0 Å². The second-order valence-corrected chi connectivity index (χ2v) is 4.57. The maximum Gasteiger partial charge on any atom is 0.304 e. The number of carboxylic acids is 1. The highest BCUT2D eigenvalue weighted by atomic mass is 16.4. The third-order valence-electron chi connectivity index (χ3n) is 3.23. The first kappa shape index (κ1) is 14.2. The van der Waals surface area contributed by atoms with E-state index >= 15 is 0 Å². The third kappa shape index (κ3) is 3.41. The molecule has 0 atom stereocenters. The lowest BCUT2D eigenvalue weighted by molar-refractivity contribution is -0.137. The summed E-state index contributed by atoms with van der Waals surface area (Å²) in [6.45, 7) is 3.31. The molecule has 20 heavy (non-hydrogen) atoms. The summed E-state index contributed by atoms with van der Waals surface area (Å²) in [5.41, 5.74) is 5.46. The van der Waals surface area contributed by atoms with Crippen molar-refractivity contribution >= 4 is 17.7 Å². The molecule has 1 aliphatic heterocycles. The molecule has 108 valence electrons. The Balaban J connectivity index is 1.97. The molecular formula is C12H17N5O3. The number of carboxylic acid groups (broad SMARTS) is 1. The Morgan fingerprint density at radius 1 is 1.20 bits per heavy atom. The van der Waals surface area contributed by atoms with Crippen molar-refractivity contribution in [1.29, 1.82) is 0 Å². The van der Waals surface area contributed by atoms with Crippen molar-refractivity contribution < 1.29 is 14.7 Å². The van der Waals surface area contributed by atoms with Gasteiger partial charge in [-0.3, -0.25) is 14.5 Å². The van der Waals surface area contributed by atoms with Gasteiger partial charge in [0, 0.05) is 45.1 Å². The van der Waals surface area contributed by atoms with E-state index < -0.39 is 11.9 Å². The average Bonchev–Trinajstić information content (AvgIpc) is 2.45. The summed E-state index contributed by atoms with van der Waals surface area (Å²) in [7, 11) is 0. The van der Waals surface area contributed by atoms with Gasteiger partial charge in [-0.15, -0.1) is 0 Å². The van der Waals surface area contributed by atoms with Gasteiger partial charge in [0.2, 0.25) is 0 Å². The second kappa shape index (κ2) is 6.29. The maximum atomic E-state index is 11.3. The van der Waals surface area contributed by atoms with Crippen molar-refractivity contribution in [3.05, 3.63) is 18.1 Å². The number of anilines is 1. The van der Waals surface area contributed by atoms with Crippen molar-refractivity contribution in [3.8, 4) is 0 Å². The third-order valence-corrected chi connectivity index (χ3v) is 3.23. The van der Waals surface area contributed by atoms with E-state index in [0.717, 1.165) is 13.1 Å². The second-order valence-electron chi connectivity index (χ2n) is 4.57. The zero-order valence-electron chi connectivity index (χ0n) is 11.0. The summed E-state index contributed by atoms with van der Waals surface area (Å²) < 4.78 is 0. The minimum atomic E-state index is -0.794. The van der Waals surface area contributed by atoms with E-state index in [2.05, 4.69) is 14.9 Å². The number of nitrogens with zero attached hydrogens (tertiary/aromatic N) is 4. The zero-order valence-corrected chi connectivity index (χ0v) is 11.0. The highest BCUT2D eigenvalue weighted by molar-refractivity contribution is 5.95. The quantitative estimate of drug-likeness (QED) is 0.723. The number of rotatable bonds is 5. The molecule has 2 rings (SSSR count). The Labute approximate surface area is 116 Å². The molecule has 0 spiro atoms. The molecule has 0 bridgehead atoms. The number of amides is 1. The van der Waals surface area contributed by atoms with Crippen LogP contribution in [0.15, 0.2) is 12.4 Å². The van der Waals surface area contributed by atoms with Gasteiger partial charge in [-0.05, 0) is 0 Å². The van der Waals surface area contributed by atoms with Gasteiger partial charge in [0.15, 0.2) is 11.5 Å². The van der Waals surface area contributed by atoms with E-state index in [9.17, 15) is 9.59 Å². The monoisotopic (exact) mass is 279 g/mol. The number of aromatic nitrogens is 2. The number of carbonyl (C=O) groups excluding carboxylic acids is 1. The van der Waals surface area contributed by atoms with Crippen LogP contribution in [-0.4, -0.2) is 64.6 Å². The number of hydrogen-bond donors (Lipinski definition) is 2. The molecule has 0 unspecified atom stereocenters. The van der Waals surface area contributed by atoms with E-state index in [4.69, 9.17) is 10.8 Å². The highest BCUT2D eigenvalue weighted by Crippen LogP contribution is 2.16. The predicted octanol–water partition coefficient (Wildman–Crippen LogP) is -0.828. The Morgan fingerprint density at radius 3 is 2.45 bits per heavy atom. The number of hydrogen-bond acceptors (Lipinski definition) is 6. The van der Waals surface area contributed by atoms with Crippen LogP contribution in [0, 0.1) is 0 Å². The Kier molecular flexibility index (Phi) is 4.46. The molecule has 0 saturated carbocycles. The highest BCUT2D eigenvalue weighted by Gasteiger charge is 2.22. The Hall–Kier alpha value is -2.22. The molecule has 3 N–H and O–H groups in total. The van der Waals surface area contributed by atoms with Gasteiger partial charge in [0.1, 0.15) is 0 Å². The maximum absolute atomic E-state index is 11.3. The SMILES string of the molecule is NC(=O)c1nccnc1N1CCN(CCC(=O)O)CC1. The lowest BCUT2D eigenvalue weighted by Gasteiger charge is -2.35. The molecule has 2 heterocycles. The van der Waals surface area contributed by atoms with Gasteiger partial charge in [0.25, 0.3) is 5.91 Å². The van der Waals surface area contributed by atoms with E-state index in [0.29, 0.717) is 25.5 Å². The van der Waals surface area contributed by atoms with Crippen LogP contribution in [0.25, 0.3) is 0 Å². The molecule has 1 fully saturated rings. The van der Waals surface area contributed by atoms with Crippen LogP contribution in [0.3, 0.4) is 0 Å². The number of aliphatic carboxylic acids is 1. The predicted molar refractivity (Wildman–Crippen MR) is 71.5 cm³/mol. The summed E-state index contributed by atoms with van der Waals surface area (Å²) in [5.74, 6) is -0.892. The first-order valence-electron chi connectivity index (χ1n) is 6.38. The van der Waals surface area contributed by atoms with Crippen LogP contribution in [0.5, 0.6) is 0 Å². The molecule has 1 aromatic rings. The molecule has 1 amide bonds. The largest absolute Gasteiger partial charge is 0.481 e. The van der Waals surface area contributed by atoms with Crippen LogP contribution >= 0.6 is 0 Å². The van der Waals surface area contributed by atoms with Crippen LogP contribution in [0.4, 0.5) is 5.82 Å². The fourth-order valence-corrected chi connectivity index (χ4v) is 2.17. The molecule has 1 aliphatic rings. The summed E-state index contributed by atoms with van der Waals surface area (Å²) in [4.78, 5) is 34.0. The van der Waals surface area contributed by atoms with Crippen LogP contribution < -0.4 is 10.6 Å². The molecule has 8 heteroatoms. The lowest BCUT2D eigenvalue weighted by atomic mass is 10.2. The van der Waals surface area contributed by atoms with Gasteiger partial charge in [0.05, 0.1) is 6.42 Å². The first-order chi connectivity index (χ1) is 9.58. The summed E-state index contributed by atoms with van der Waals surface area (Å²) in [5, 5.41) is 8.66. The van der Waals surface area contributed by atoms with E-state index in [1.165, 1.54) is 12.4 Å². The zero-order chi connectivity index (χ0) is 14.5. The summed E-state index contributed by atoms with van der Waals surface area (Å²) in [6, 6.07) is 0. The van der Waals surface area contributed by atoms with E-state index in [1.54, 1.807) is 0 Å². The number of primary amides is 1. The smallest absolute Gasteiger partial charge is 0.304 e. The van der Waals surface area contributed by atoms with E-state index in [-0.39, 0.29) is 12.1 Å². The lowest BCUT2D eigenvalue weighted by Crippen LogP contribution is -2.47. The van der Waals surface area contributed by atoms with Crippen molar-refractivity contribution in [2.75, 3.05) is 37.6 Å². The number of piperazine rings is 1. The minimum absolute atomic E-state index is 0.137. The van der Waals surface area contributed by atoms with Crippen LogP contribution in [0.2, 0.25) is 0 Å². The number of carbonyl (C=O) groups is 2. The van der Waals surface area contributed by atoms with Gasteiger partial charge in [-0.1, -0.05) is 0 Å². The van der Waals surface area contributed by atoms with Crippen molar-refractivity contribution in [3.63, 3.8) is 0 Å².